The summed E-state index contributed by atoms with van der Waals surface area (Å²) in [6.07, 6.45) is 0.757. The van der Waals surface area contributed by atoms with E-state index in [1.165, 1.54) is 7.11 Å². The molecule has 0 saturated carbocycles. The van der Waals surface area contributed by atoms with Gasteiger partial charge in [0.2, 0.25) is 11.5 Å². The normalized spacial score (nSPS) is 21.6. The maximum Gasteiger partial charge on any atom is 0.356 e. The molecule has 2 atom stereocenters. The molecule has 30 heavy (non-hydrogen) atoms. The van der Waals surface area contributed by atoms with Crippen molar-refractivity contribution in [2.75, 3.05) is 24.9 Å². The van der Waals surface area contributed by atoms with E-state index in [9.17, 15) is 27.9 Å². The monoisotopic (exact) mass is 478 g/mol. The Bertz CT molecular complexity index is 1080. The second-order valence-corrected chi connectivity index (χ2v) is 9.27. The number of hydrogen-bond donors (Lipinski definition) is 3. The molecule has 1 saturated heterocycles. The van der Waals surface area contributed by atoms with Crippen molar-refractivity contribution < 1.29 is 36.9 Å². The van der Waals surface area contributed by atoms with Crippen LogP contribution in [-0.4, -0.2) is 81.8 Å². The van der Waals surface area contributed by atoms with Gasteiger partial charge in [-0.1, -0.05) is 5.16 Å². The number of nitrogens with two attached hydrogens (primary N) is 1. The fraction of sp³-hybridized carbons (Fsp3) is 0.385. The Kier molecular flexibility index (Phi) is 5.86. The van der Waals surface area contributed by atoms with E-state index in [0.717, 1.165) is 34.5 Å². The highest BCUT2D eigenvalue weighted by Gasteiger charge is 2.55. The average Bonchev–Trinajstić information content (AvgIpc) is 3.08. The summed E-state index contributed by atoms with van der Waals surface area (Å²) in [7, 11) is -2.80. The molecule has 1 aromatic heterocycles. The van der Waals surface area contributed by atoms with E-state index in [0.29, 0.717) is 0 Å². The molecule has 0 spiro atoms. The zero-order chi connectivity index (χ0) is 22.2. The lowest BCUT2D eigenvalue weighted by Crippen LogP contribution is -2.71. The summed E-state index contributed by atoms with van der Waals surface area (Å²) in [5, 5.41) is 14.7. The Labute approximate surface area is 177 Å². The van der Waals surface area contributed by atoms with Crippen LogP contribution in [0, 0.1) is 0 Å². The number of amides is 2. The van der Waals surface area contributed by atoms with Gasteiger partial charge in [-0.2, -0.15) is 17.8 Å². The Balaban J connectivity index is 1.82. The van der Waals surface area contributed by atoms with E-state index in [1.807, 2.05) is 0 Å². The molecular formula is C13H14N6O8S3. The molecule has 3 rings (SSSR count). The fourth-order valence-corrected chi connectivity index (χ4v) is 4.92. The topological polar surface area (TPSA) is 203 Å². The van der Waals surface area contributed by atoms with Crippen LogP contribution in [-0.2, 0) is 33.5 Å². The van der Waals surface area contributed by atoms with Gasteiger partial charge in [0.15, 0.2) is 16.6 Å². The van der Waals surface area contributed by atoms with Crippen molar-refractivity contribution in [3.8, 4) is 0 Å². The zero-order valence-electron chi connectivity index (χ0n) is 15.3. The van der Waals surface area contributed by atoms with Crippen LogP contribution in [0.1, 0.15) is 5.82 Å². The van der Waals surface area contributed by atoms with Gasteiger partial charge in [0.05, 0.1) is 12.0 Å². The third kappa shape index (κ3) is 4.17. The molecule has 3 heterocycles. The molecule has 14 nitrogen and oxygen atoms in total. The van der Waals surface area contributed by atoms with Gasteiger partial charge in [0, 0.05) is 11.5 Å². The first kappa shape index (κ1) is 21.8. The Morgan fingerprint density at radius 1 is 1.43 bits per heavy atom. The van der Waals surface area contributed by atoms with Gasteiger partial charge in [-0.3, -0.25) is 14.5 Å². The number of thioether (sulfide) groups is 1. The van der Waals surface area contributed by atoms with E-state index in [-0.39, 0.29) is 28.2 Å². The highest BCUT2D eigenvalue weighted by molar-refractivity contribution is 8.00. The minimum atomic E-state index is -4.00. The van der Waals surface area contributed by atoms with Crippen molar-refractivity contribution in [1.82, 2.24) is 19.6 Å². The van der Waals surface area contributed by atoms with Gasteiger partial charge >= 0.3 is 16.1 Å². The summed E-state index contributed by atoms with van der Waals surface area (Å²) in [6, 6.07) is -1.10. The minimum Gasteiger partial charge on any atom is -0.476 e. The fourth-order valence-electron chi connectivity index (χ4n) is 2.65. The van der Waals surface area contributed by atoms with Crippen LogP contribution >= 0.6 is 23.3 Å². The summed E-state index contributed by atoms with van der Waals surface area (Å²) in [5.41, 5.74) is 4.57. The van der Waals surface area contributed by atoms with Crippen LogP contribution in [0.2, 0.25) is 0 Å². The van der Waals surface area contributed by atoms with Gasteiger partial charge in [0.25, 0.3) is 11.8 Å². The quantitative estimate of drug-likeness (QED) is 0.171. The summed E-state index contributed by atoms with van der Waals surface area (Å²) in [4.78, 5) is 46.1. The highest BCUT2D eigenvalue weighted by Crippen LogP contribution is 2.40. The Morgan fingerprint density at radius 3 is 2.67 bits per heavy atom. The first-order valence-electron chi connectivity index (χ1n) is 7.85. The number of nitrogens with zero attached hydrogens (tertiary/aromatic N) is 4. The first-order chi connectivity index (χ1) is 14.0. The number of nitrogen functional groups attached to an aromatic ring is 1. The van der Waals surface area contributed by atoms with Crippen LogP contribution in [0.3, 0.4) is 0 Å². The summed E-state index contributed by atoms with van der Waals surface area (Å²) >= 11 is 1.85. The minimum absolute atomic E-state index is 0.0879. The first-order valence-corrected chi connectivity index (χ1v) is 11.5. The van der Waals surface area contributed by atoms with Crippen molar-refractivity contribution in [2.24, 2.45) is 5.16 Å². The van der Waals surface area contributed by atoms with Gasteiger partial charge in [0.1, 0.15) is 18.5 Å². The number of oxime groups is 1. The third-order valence-corrected chi connectivity index (χ3v) is 6.03. The van der Waals surface area contributed by atoms with E-state index >= 15 is 0 Å². The molecule has 4 N–H and O–H groups in total. The number of carboxylic acid groups (broad SMARTS) is 1. The molecule has 1 aromatic rings. The van der Waals surface area contributed by atoms with Crippen LogP contribution < -0.4 is 11.1 Å². The lowest BCUT2D eigenvalue weighted by atomic mass is 10.0. The number of aromatic nitrogens is 2. The number of rotatable bonds is 7. The average molecular weight is 478 g/mol. The standard InChI is InChI=1S/C13H14N6O8S3/c1-26-17-5(8-16-13(14)29-18-8)9(20)15-6-10(21)19-7(12(22)23)4(3-28-11(6)19)27-30(2,24)25/h6,11H,3H2,1-2H3,(H,15,20)(H,22,23)(H2,14,16,18)/b17-5-/t6?,11-/m1/s1. The van der Waals surface area contributed by atoms with Crippen LogP contribution in [0.25, 0.3) is 0 Å². The molecule has 2 aliphatic rings. The van der Waals surface area contributed by atoms with E-state index in [2.05, 4.69) is 24.7 Å². The molecule has 0 aliphatic carbocycles. The number of anilines is 1. The zero-order valence-corrected chi connectivity index (χ0v) is 17.7. The molecule has 162 valence electrons. The smallest absolute Gasteiger partial charge is 0.356 e. The van der Waals surface area contributed by atoms with Crippen molar-refractivity contribution in [2.45, 2.75) is 11.4 Å². The Hall–Kier alpha value is -2.92. The number of fused-ring (bicyclic) bond motifs is 1. The van der Waals surface area contributed by atoms with Crippen molar-refractivity contribution in [3.63, 3.8) is 0 Å². The number of carbonyl (C=O) groups excluding carboxylic acids is 2. The predicted octanol–water partition coefficient (Wildman–Crippen LogP) is -1.86. The number of nitrogens with one attached hydrogen (secondary N) is 1. The second-order valence-electron chi connectivity index (χ2n) is 5.80. The lowest BCUT2D eigenvalue weighted by Gasteiger charge is -2.48. The van der Waals surface area contributed by atoms with Gasteiger partial charge in [-0.05, 0) is 0 Å². The third-order valence-electron chi connectivity index (χ3n) is 3.73. The number of β-lactam (4-membered cyclic amide) rings is 1. The lowest BCUT2D eigenvalue weighted by molar-refractivity contribution is -0.150. The van der Waals surface area contributed by atoms with Crippen molar-refractivity contribution in [3.05, 3.63) is 17.3 Å². The van der Waals surface area contributed by atoms with Gasteiger partial charge < -0.3 is 25.2 Å². The molecule has 0 aromatic carbocycles. The van der Waals surface area contributed by atoms with Crippen molar-refractivity contribution in [1.29, 1.82) is 0 Å². The molecular weight excluding hydrogens is 464 g/mol. The molecule has 2 aliphatic heterocycles. The molecule has 1 unspecified atom stereocenters. The number of carbonyl (C=O) groups is 3. The molecule has 17 heteroatoms. The van der Waals surface area contributed by atoms with Crippen LogP contribution in [0.4, 0.5) is 5.13 Å². The van der Waals surface area contributed by atoms with E-state index in [1.54, 1.807) is 0 Å². The van der Waals surface area contributed by atoms with Crippen LogP contribution in [0.5, 0.6) is 0 Å². The number of carboxylic acids is 1. The number of hydrogen-bond acceptors (Lipinski definition) is 13. The number of aliphatic carboxylic acids is 1. The highest BCUT2D eigenvalue weighted by atomic mass is 32.2. The maximum atomic E-state index is 12.6. The van der Waals surface area contributed by atoms with E-state index in [4.69, 9.17) is 9.92 Å². The summed E-state index contributed by atoms with van der Waals surface area (Å²) < 4.78 is 31.3. The summed E-state index contributed by atoms with van der Waals surface area (Å²) in [6.45, 7) is 0. The maximum absolute atomic E-state index is 12.6. The SMILES string of the molecule is CO/N=C(\C(=O)NC1C(=O)N2C(C(=O)O)=C(OS(C)(=O)=O)CS[C@H]12)c1nsc(N)n1. The van der Waals surface area contributed by atoms with Gasteiger partial charge in [-0.25, -0.2) is 4.79 Å². The van der Waals surface area contributed by atoms with Gasteiger partial charge in [-0.15, -0.1) is 11.8 Å². The predicted molar refractivity (Wildman–Crippen MR) is 103 cm³/mol. The van der Waals surface area contributed by atoms with E-state index < -0.39 is 45.0 Å². The van der Waals surface area contributed by atoms with Crippen molar-refractivity contribution >= 4 is 62.0 Å². The van der Waals surface area contributed by atoms with Crippen LogP contribution in [0.15, 0.2) is 16.6 Å². The largest absolute Gasteiger partial charge is 0.476 e. The second kappa shape index (κ2) is 8.07. The molecule has 0 bridgehead atoms. The summed E-state index contributed by atoms with van der Waals surface area (Å²) in [5.74, 6) is -3.78. The molecule has 2 amide bonds. The molecule has 0 radical (unpaired) electrons. The Morgan fingerprint density at radius 2 is 2.13 bits per heavy atom. The molecule has 1 fully saturated rings.